The van der Waals surface area contributed by atoms with Crippen LogP contribution >= 0.6 is 0 Å². The van der Waals surface area contributed by atoms with Gasteiger partial charge in [0, 0.05) is 31.5 Å². The SMILES string of the molecule is O=C([O-])[C@@H]1CCC[N+]1=C1CCCC[C@H]1CNc1ccccc1. The van der Waals surface area contributed by atoms with Crippen LogP contribution in [-0.2, 0) is 4.79 Å². The summed E-state index contributed by atoms with van der Waals surface area (Å²) < 4.78 is 2.13. The standard InChI is InChI=1S/C18H24N2O2/c21-18(22)17-11-6-12-20(17)16-10-5-4-7-14(16)13-19-15-8-2-1-3-9-15/h1-3,8-9,14,17,19H,4-7,10-13H2/t14-,17-/m0/s1. The number of hydrogen-bond donors (Lipinski definition) is 1. The Morgan fingerprint density at radius 3 is 2.77 bits per heavy atom. The number of carbonyl (C=O) groups excluding carboxylic acids is 1. The smallest absolute Gasteiger partial charge is 0.192 e. The predicted octanol–water partition coefficient (Wildman–Crippen LogP) is 1.65. The van der Waals surface area contributed by atoms with Gasteiger partial charge in [-0.25, -0.2) is 4.58 Å². The topological polar surface area (TPSA) is 55.2 Å². The van der Waals surface area contributed by atoms with Crippen LogP contribution in [0.1, 0.15) is 38.5 Å². The largest absolute Gasteiger partial charge is 0.543 e. The van der Waals surface area contributed by atoms with Crippen molar-refractivity contribution in [2.75, 3.05) is 18.4 Å². The number of anilines is 1. The molecule has 1 aliphatic heterocycles. The zero-order chi connectivity index (χ0) is 15.4. The quantitative estimate of drug-likeness (QED) is 0.860. The Morgan fingerprint density at radius 1 is 1.18 bits per heavy atom. The molecule has 1 heterocycles. The summed E-state index contributed by atoms with van der Waals surface area (Å²) in [6.07, 6.45) is 6.27. The van der Waals surface area contributed by atoms with E-state index < -0.39 is 12.0 Å². The van der Waals surface area contributed by atoms with E-state index in [2.05, 4.69) is 22.0 Å². The summed E-state index contributed by atoms with van der Waals surface area (Å²) in [6.45, 7) is 1.76. The molecule has 1 aromatic rings. The summed E-state index contributed by atoms with van der Waals surface area (Å²) in [5.41, 5.74) is 2.46. The number of benzene rings is 1. The summed E-state index contributed by atoms with van der Waals surface area (Å²) in [6, 6.07) is 9.80. The Labute approximate surface area is 131 Å². The van der Waals surface area contributed by atoms with Crippen molar-refractivity contribution >= 4 is 17.4 Å². The molecule has 4 nitrogen and oxygen atoms in total. The van der Waals surface area contributed by atoms with E-state index in [4.69, 9.17) is 0 Å². The van der Waals surface area contributed by atoms with Gasteiger partial charge in [0.25, 0.3) is 0 Å². The minimum Gasteiger partial charge on any atom is -0.543 e. The van der Waals surface area contributed by atoms with Gasteiger partial charge in [0.05, 0.1) is 5.92 Å². The minimum atomic E-state index is -0.912. The van der Waals surface area contributed by atoms with Crippen molar-refractivity contribution in [3.8, 4) is 0 Å². The fourth-order valence-electron chi connectivity index (χ4n) is 3.82. The maximum atomic E-state index is 11.4. The average molecular weight is 300 g/mol. The van der Waals surface area contributed by atoms with Crippen molar-refractivity contribution < 1.29 is 14.5 Å². The fraction of sp³-hybridized carbons (Fsp3) is 0.556. The molecule has 2 aliphatic rings. The molecule has 2 atom stereocenters. The Hall–Kier alpha value is -1.84. The van der Waals surface area contributed by atoms with Gasteiger partial charge in [0.15, 0.2) is 11.8 Å². The molecule has 0 bridgehead atoms. The zero-order valence-corrected chi connectivity index (χ0v) is 13.0. The van der Waals surface area contributed by atoms with Crippen LogP contribution in [0.2, 0.25) is 0 Å². The second-order valence-electron chi connectivity index (χ2n) is 6.35. The van der Waals surface area contributed by atoms with Crippen molar-refractivity contribution in [3.05, 3.63) is 30.3 Å². The van der Waals surface area contributed by atoms with Crippen molar-refractivity contribution in [1.29, 1.82) is 0 Å². The van der Waals surface area contributed by atoms with Gasteiger partial charge in [-0.3, -0.25) is 0 Å². The molecule has 0 spiro atoms. The molecule has 118 valence electrons. The Bertz CT molecular complexity index is 553. The molecule has 0 unspecified atom stereocenters. The maximum Gasteiger partial charge on any atom is 0.192 e. The first-order valence-corrected chi connectivity index (χ1v) is 8.38. The normalized spacial score (nSPS) is 28.5. The Morgan fingerprint density at radius 2 is 2.00 bits per heavy atom. The minimum absolute atomic E-state index is 0.410. The van der Waals surface area contributed by atoms with Crippen LogP contribution in [0.3, 0.4) is 0 Å². The number of carbonyl (C=O) groups is 1. The number of nitrogens with zero attached hydrogens (tertiary/aromatic N) is 1. The lowest BCUT2D eigenvalue weighted by molar-refractivity contribution is -0.547. The molecule has 1 N–H and O–H groups in total. The average Bonchev–Trinajstić information content (AvgIpc) is 3.04. The first kappa shape index (κ1) is 15.1. The molecule has 1 saturated carbocycles. The molecular weight excluding hydrogens is 276 g/mol. The number of nitrogens with one attached hydrogen (secondary N) is 1. The summed E-state index contributed by atoms with van der Waals surface area (Å²) in [4.78, 5) is 11.4. The molecule has 0 amide bonds. The van der Waals surface area contributed by atoms with E-state index in [1.807, 2.05) is 18.2 Å². The van der Waals surface area contributed by atoms with E-state index in [1.54, 1.807) is 0 Å². The van der Waals surface area contributed by atoms with E-state index in [0.717, 1.165) is 44.5 Å². The molecule has 3 rings (SSSR count). The summed E-state index contributed by atoms with van der Waals surface area (Å²) in [5.74, 6) is -0.473. The van der Waals surface area contributed by atoms with Gasteiger partial charge < -0.3 is 15.2 Å². The van der Waals surface area contributed by atoms with Crippen LogP contribution in [0.15, 0.2) is 30.3 Å². The fourth-order valence-corrected chi connectivity index (χ4v) is 3.82. The van der Waals surface area contributed by atoms with Gasteiger partial charge in [-0.05, 0) is 25.0 Å². The highest BCUT2D eigenvalue weighted by Gasteiger charge is 2.36. The molecule has 1 aromatic carbocycles. The highest BCUT2D eigenvalue weighted by atomic mass is 16.4. The number of hydrogen-bond acceptors (Lipinski definition) is 3. The third-order valence-electron chi connectivity index (χ3n) is 4.93. The van der Waals surface area contributed by atoms with Crippen LogP contribution in [-0.4, -0.2) is 35.4 Å². The number of para-hydroxylation sites is 1. The van der Waals surface area contributed by atoms with E-state index in [1.165, 1.54) is 18.6 Å². The van der Waals surface area contributed by atoms with Crippen LogP contribution in [0.5, 0.6) is 0 Å². The summed E-state index contributed by atoms with van der Waals surface area (Å²) in [7, 11) is 0. The molecule has 0 radical (unpaired) electrons. The lowest BCUT2D eigenvalue weighted by Gasteiger charge is -2.25. The third-order valence-corrected chi connectivity index (χ3v) is 4.93. The van der Waals surface area contributed by atoms with Crippen molar-refractivity contribution in [1.82, 2.24) is 0 Å². The first-order valence-electron chi connectivity index (χ1n) is 8.38. The van der Waals surface area contributed by atoms with Crippen molar-refractivity contribution in [2.45, 2.75) is 44.6 Å². The highest BCUT2D eigenvalue weighted by Crippen LogP contribution is 2.25. The molecule has 4 heteroatoms. The number of aliphatic carboxylic acids is 1. The van der Waals surface area contributed by atoms with Crippen LogP contribution in [0.4, 0.5) is 5.69 Å². The van der Waals surface area contributed by atoms with E-state index in [9.17, 15) is 9.90 Å². The van der Waals surface area contributed by atoms with Crippen molar-refractivity contribution in [2.24, 2.45) is 5.92 Å². The maximum absolute atomic E-state index is 11.4. The van der Waals surface area contributed by atoms with Crippen molar-refractivity contribution in [3.63, 3.8) is 0 Å². The lowest BCUT2D eigenvalue weighted by Crippen LogP contribution is -2.44. The lowest BCUT2D eigenvalue weighted by atomic mass is 9.86. The monoisotopic (exact) mass is 300 g/mol. The molecular formula is C18H24N2O2. The van der Waals surface area contributed by atoms with Gasteiger partial charge >= 0.3 is 0 Å². The number of rotatable bonds is 4. The second kappa shape index (κ2) is 6.95. The van der Waals surface area contributed by atoms with E-state index in [0.29, 0.717) is 5.92 Å². The van der Waals surface area contributed by atoms with Gasteiger partial charge in [-0.2, -0.15) is 0 Å². The van der Waals surface area contributed by atoms with Gasteiger partial charge in [-0.1, -0.05) is 24.6 Å². The third kappa shape index (κ3) is 3.32. The first-order chi connectivity index (χ1) is 10.8. The summed E-state index contributed by atoms with van der Waals surface area (Å²) >= 11 is 0. The molecule has 1 saturated heterocycles. The molecule has 22 heavy (non-hydrogen) atoms. The number of carboxylic acid groups (broad SMARTS) is 1. The van der Waals surface area contributed by atoms with Gasteiger partial charge in [0.2, 0.25) is 0 Å². The molecule has 0 aromatic heterocycles. The number of carboxylic acids is 1. The molecule has 1 aliphatic carbocycles. The predicted molar refractivity (Wildman–Crippen MR) is 85.1 cm³/mol. The second-order valence-corrected chi connectivity index (χ2v) is 6.35. The van der Waals surface area contributed by atoms with Gasteiger partial charge in [0.1, 0.15) is 12.5 Å². The van der Waals surface area contributed by atoms with Crippen LogP contribution in [0, 0.1) is 5.92 Å². The van der Waals surface area contributed by atoms with E-state index in [-0.39, 0.29) is 0 Å². The van der Waals surface area contributed by atoms with Gasteiger partial charge in [-0.15, -0.1) is 0 Å². The summed E-state index contributed by atoms with van der Waals surface area (Å²) in [5, 5.41) is 14.9. The zero-order valence-electron chi connectivity index (χ0n) is 13.0. The Kier molecular flexibility index (Phi) is 4.76. The molecule has 2 fully saturated rings. The van der Waals surface area contributed by atoms with Crippen LogP contribution < -0.4 is 10.4 Å². The Balaban J connectivity index is 1.75. The van der Waals surface area contributed by atoms with E-state index >= 15 is 0 Å². The highest BCUT2D eigenvalue weighted by molar-refractivity contribution is 5.84. The van der Waals surface area contributed by atoms with Crippen LogP contribution in [0.25, 0.3) is 0 Å².